The van der Waals surface area contributed by atoms with Gasteiger partial charge in [-0.15, -0.1) is 0 Å². The highest BCUT2D eigenvalue weighted by Gasteiger charge is 2.39. The van der Waals surface area contributed by atoms with E-state index < -0.39 is 5.60 Å². The fraction of sp³-hybridized carbons (Fsp3) is 0.600. The number of nitrogens with zero attached hydrogens (tertiary/aromatic N) is 2. The van der Waals surface area contributed by atoms with Crippen LogP contribution in [0.25, 0.3) is 0 Å². The molecule has 2 heterocycles. The zero-order valence-electron chi connectivity index (χ0n) is 8.98. The van der Waals surface area contributed by atoms with Gasteiger partial charge in [0.05, 0.1) is 6.10 Å². The summed E-state index contributed by atoms with van der Waals surface area (Å²) in [5, 5.41) is 13.6. The molecular weight excluding hydrogens is 230 g/mol. The van der Waals surface area contributed by atoms with Crippen LogP contribution in [0.15, 0.2) is 12.4 Å². The number of ether oxygens (including phenoxy) is 1. The molecule has 0 aromatic carbocycles. The Kier molecular flexibility index (Phi) is 3.28. The van der Waals surface area contributed by atoms with E-state index >= 15 is 0 Å². The van der Waals surface area contributed by atoms with Gasteiger partial charge in [0.15, 0.2) is 0 Å². The van der Waals surface area contributed by atoms with Crippen molar-refractivity contribution in [2.75, 3.05) is 18.5 Å². The van der Waals surface area contributed by atoms with E-state index in [0.717, 1.165) is 0 Å². The highest BCUT2D eigenvalue weighted by Crippen LogP contribution is 2.25. The Morgan fingerprint density at radius 2 is 2.50 bits per heavy atom. The molecule has 0 bridgehead atoms. The topological polar surface area (TPSA) is 67.3 Å². The van der Waals surface area contributed by atoms with E-state index in [1.54, 1.807) is 6.07 Å². The van der Waals surface area contributed by atoms with Crippen molar-refractivity contribution in [1.29, 1.82) is 0 Å². The van der Waals surface area contributed by atoms with Crippen molar-refractivity contribution in [3.63, 3.8) is 0 Å². The van der Waals surface area contributed by atoms with E-state index in [-0.39, 0.29) is 6.10 Å². The third kappa shape index (κ3) is 2.42. The molecule has 2 N–H and O–H groups in total. The molecule has 0 aliphatic carbocycles. The van der Waals surface area contributed by atoms with Crippen LogP contribution < -0.4 is 5.32 Å². The maximum absolute atomic E-state index is 10.2. The molecule has 16 heavy (non-hydrogen) atoms. The first-order valence-corrected chi connectivity index (χ1v) is 5.53. The molecule has 88 valence electrons. The average Bonchev–Trinajstić information content (AvgIpc) is 2.58. The number of aromatic nitrogens is 2. The van der Waals surface area contributed by atoms with Gasteiger partial charge in [-0.25, -0.2) is 9.97 Å². The van der Waals surface area contributed by atoms with Crippen LogP contribution in [-0.4, -0.2) is 39.9 Å². The molecule has 1 fully saturated rings. The van der Waals surface area contributed by atoms with Crippen molar-refractivity contribution in [1.82, 2.24) is 9.97 Å². The number of aliphatic hydroxyl groups is 1. The predicted octanol–water partition coefficient (Wildman–Crippen LogP) is 1.08. The van der Waals surface area contributed by atoms with E-state index in [1.165, 1.54) is 6.33 Å². The van der Waals surface area contributed by atoms with Crippen molar-refractivity contribution >= 4 is 17.4 Å². The minimum atomic E-state index is -0.836. The monoisotopic (exact) mass is 243 g/mol. The second-order valence-electron chi connectivity index (χ2n) is 3.95. The van der Waals surface area contributed by atoms with Gasteiger partial charge in [0.2, 0.25) is 0 Å². The second kappa shape index (κ2) is 4.53. The second-order valence-corrected chi connectivity index (χ2v) is 4.33. The summed E-state index contributed by atoms with van der Waals surface area (Å²) in [6, 6.07) is 1.62. The first-order valence-electron chi connectivity index (χ1n) is 5.15. The van der Waals surface area contributed by atoms with Gasteiger partial charge in [0.25, 0.3) is 0 Å². The molecule has 6 heteroatoms. The summed E-state index contributed by atoms with van der Waals surface area (Å²) < 4.78 is 5.33. The van der Waals surface area contributed by atoms with E-state index in [4.69, 9.17) is 16.3 Å². The van der Waals surface area contributed by atoms with Gasteiger partial charge in [-0.1, -0.05) is 11.6 Å². The Morgan fingerprint density at radius 3 is 3.12 bits per heavy atom. The zero-order chi connectivity index (χ0) is 11.6. The van der Waals surface area contributed by atoms with Crippen molar-refractivity contribution in [2.24, 2.45) is 0 Å². The number of rotatable bonds is 3. The Morgan fingerprint density at radius 1 is 1.69 bits per heavy atom. The molecule has 0 saturated carbocycles. The van der Waals surface area contributed by atoms with Crippen molar-refractivity contribution in [3.05, 3.63) is 17.5 Å². The van der Waals surface area contributed by atoms with Gasteiger partial charge < -0.3 is 15.2 Å². The Bertz CT molecular complexity index is 377. The summed E-state index contributed by atoms with van der Waals surface area (Å²) in [5.41, 5.74) is -0.836. The number of hydrogen-bond acceptors (Lipinski definition) is 5. The summed E-state index contributed by atoms with van der Waals surface area (Å²) in [5.74, 6) is 0.604. The fourth-order valence-electron chi connectivity index (χ4n) is 1.68. The Balaban J connectivity index is 1.97. The third-order valence-electron chi connectivity index (χ3n) is 2.87. The number of anilines is 1. The van der Waals surface area contributed by atoms with Gasteiger partial charge in [-0.2, -0.15) is 0 Å². The summed E-state index contributed by atoms with van der Waals surface area (Å²) >= 11 is 5.73. The Labute approximate surface area is 98.8 Å². The summed E-state index contributed by atoms with van der Waals surface area (Å²) in [4.78, 5) is 7.78. The Hall–Kier alpha value is -0.910. The third-order valence-corrected chi connectivity index (χ3v) is 3.08. The average molecular weight is 244 g/mol. The number of halogens is 1. The lowest BCUT2D eigenvalue weighted by Gasteiger charge is -2.26. The highest BCUT2D eigenvalue weighted by atomic mass is 35.5. The summed E-state index contributed by atoms with van der Waals surface area (Å²) in [6.07, 6.45) is 1.83. The van der Waals surface area contributed by atoms with Gasteiger partial charge in [0, 0.05) is 25.6 Å². The lowest BCUT2D eigenvalue weighted by Crippen LogP contribution is -2.43. The molecule has 1 aromatic heterocycles. The molecule has 0 amide bonds. The number of nitrogens with one attached hydrogen (secondary N) is 1. The lowest BCUT2D eigenvalue weighted by molar-refractivity contribution is -0.0176. The van der Waals surface area contributed by atoms with Crippen LogP contribution in [-0.2, 0) is 4.74 Å². The lowest BCUT2D eigenvalue weighted by atomic mass is 9.97. The molecule has 1 aliphatic heterocycles. The van der Waals surface area contributed by atoms with Crippen LogP contribution in [0.1, 0.15) is 13.3 Å². The maximum Gasteiger partial charge on any atom is 0.134 e. The molecule has 2 atom stereocenters. The molecule has 0 radical (unpaired) electrons. The molecule has 2 rings (SSSR count). The van der Waals surface area contributed by atoms with Crippen LogP contribution in [0, 0.1) is 0 Å². The van der Waals surface area contributed by atoms with Gasteiger partial charge in [0.1, 0.15) is 22.9 Å². The van der Waals surface area contributed by atoms with Crippen LogP contribution in [0.5, 0.6) is 0 Å². The molecule has 2 unspecified atom stereocenters. The summed E-state index contributed by atoms with van der Waals surface area (Å²) in [6.45, 7) is 2.84. The molecule has 1 aromatic rings. The van der Waals surface area contributed by atoms with Crippen LogP contribution >= 0.6 is 11.6 Å². The van der Waals surface area contributed by atoms with Crippen molar-refractivity contribution < 1.29 is 9.84 Å². The molecule has 1 aliphatic rings. The SMILES string of the molecule is CC1OCCC1(O)CNc1cc(Cl)ncn1. The van der Waals surface area contributed by atoms with E-state index in [1.807, 2.05) is 6.92 Å². The predicted molar refractivity (Wildman–Crippen MR) is 60.5 cm³/mol. The molecule has 0 spiro atoms. The van der Waals surface area contributed by atoms with Crippen LogP contribution in [0.2, 0.25) is 5.15 Å². The van der Waals surface area contributed by atoms with E-state index in [2.05, 4.69) is 15.3 Å². The molecular formula is C10H14ClN3O2. The molecule has 1 saturated heterocycles. The van der Waals surface area contributed by atoms with Crippen molar-refractivity contribution in [2.45, 2.75) is 25.0 Å². The van der Waals surface area contributed by atoms with Crippen LogP contribution in [0.3, 0.4) is 0 Å². The zero-order valence-corrected chi connectivity index (χ0v) is 9.74. The standard InChI is InChI=1S/C10H14ClN3O2/c1-7-10(15,2-3-16-7)5-12-9-4-8(11)13-6-14-9/h4,6-7,15H,2-3,5H2,1H3,(H,12,13,14). The van der Waals surface area contributed by atoms with E-state index in [9.17, 15) is 5.11 Å². The molecule has 5 nitrogen and oxygen atoms in total. The highest BCUT2D eigenvalue weighted by molar-refractivity contribution is 6.29. The largest absolute Gasteiger partial charge is 0.385 e. The fourth-order valence-corrected chi connectivity index (χ4v) is 1.82. The first-order chi connectivity index (χ1) is 7.60. The maximum atomic E-state index is 10.2. The smallest absolute Gasteiger partial charge is 0.134 e. The van der Waals surface area contributed by atoms with Crippen LogP contribution in [0.4, 0.5) is 5.82 Å². The normalized spacial score (nSPS) is 29.3. The van der Waals surface area contributed by atoms with Gasteiger partial charge in [-0.3, -0.25) is 0 Å². The minimum Gasteiger partial charge on any atom is -0.385 e. The van der Waals surface area contributed by atoms with Gasteiger partial charge >= 0.3 is 0 Å². The van der Waals surface area contributed by atoms with Crippen molar-refractivity contribution in [3.8, 4) is 0 Å². The quantitative estimate of drug-likeness (QED) is 0.778. The summed E-state index contributed by atoms with van der Waals surface area (Å²) in [7, 11) is 0. The van der Waals surface area contributed by atoms with E-state index in [0.29, 0.717) is 30.5 Å². The van der Waals surface area contributed by atoms with Gasteiger partial charge in [-0.05, 0) is 6.92 Å². The first kappa shape index (κ1) is 11.6. The number of hydrogen-bond donors (Lipinski definition) is 2. The minimum absolute atomic E-state index is 0.169.